The van der Waals surface area contributed by atoms with E-state index in [1.54, 1.807) is 29.2 Å². The number of amides is 2. The molecule has 0 bridgehead atoms. The van der Waals surface area contributed by atoms with Gasteiger partial charge in [0, 0.05) is 17.6 Å². The summed E-state index contributed by atoms with van der Waals surface area (Å²) in [7, 11) is 0. The number of hydrogen-bond acceptors (Lipinski definition) is 2. The molecular weight excluding hydrogens is 312 g/mol. The summed E-state index contributed by atoms with van der Waals surface area (Å²) in [5.74, 6) is -0.391. The van der Waals surface area contributed by atoms with Gasteiger partial charge >= 0.3 is 0 Å². The number of benzene rings is 2. The molecule has 0 aliphatic carbocycles. The van der Waals surface area contributed by atoms with E-state index in [2.05, 4.69) is 5.32 Å². The van der Waals surface area contributed by atoms with Gasteiger partial charge in [0.1, 0.15) is 6.54 Å². The van der Waals surface area contributed by atoms with Gasteiger partial charge in [-0.25, -0.2) is 0 Å². The van der Waals surface area contributed by atoms with E-state index < -0.39 is 0 Å². The molecule has 0 saturated heterocycles. The van der Waals surface area contributed by atoms with Crippen LogP contribution in [0.5, 0.6) is 0 Å². The van der Waals surface area contributed by atoms with Crippen LogP contribution in [0.3, 0.4) is 0 Å². The van der Waals surface area contributed by atoms with Gasteiger partial charge in [-0.1, -0.05) is 41.9 Å². The predicted octanol–water partition coefficient (Wildman–Crippen LogP) is 3.89. The average Bonchev–Trinajstić information content (AvgIpc) is 2.55. The fraction of sp³-hybridized carbons (Fsp3) is 0.222. The normalized spacial score (nSPS) is 11.6. The fourth-order valence-corrected chi connectivity index (χ4v) is 2.45. The van der Waals surface area contributed by atoms with E-state index in [0.29, 0.717) is 10.7 Å². The minimum atomic E-state index is -0.245. The number of hydrogen-bond donors (Lipinski definition) is 1. The Balaban J connectivity index is 2.05. The van der Waals surface area contributed by atoms with Gasteiger partial charge in [0.05, 0.1) is 6.04 Å². The topological polar surface area (TPSA) is 49.4 Å². The molecule has 2 rings (SSSR count). The monoisotopic (exact) mass is 330 g/mol. The third kappa shape index (κ3) is 4.83. The number of carbonyl (C=O) groups is 2. The van der Waals surface area contributed by atoms with Crippen molar-refractivity contribution < 1.29 is 9.59 Å². The predicted molar refractivity (Wildman–Crippen MR) is 92.3 cm³/mol. The highest BCUT2D eigenvalue weighted by Gasteiger charge is 2.21. The summed E-state index contributed by atoms with van der Waals surface area (Å²) in [4.78, 5) is 25.7. The Kier molecular flexibility index (Phi) is 5.77. The van der Waals surface area contributed by atoms with Gasteiger partial charge in [-0.3, -0.25) is 9.59 Å². The molecule has 120 valence electrons. The molecule has 0 aliphatic rings. The number of carbonyl (C=O) groups excluding carboxylic acids is 2. The summed E-state index contributed by atoms with van der Waals surface area (Å²) in [6.45, 7) is 3.37. The van der Waals surface area contributed by atoms with Gasteiger partial charge in [-0.05, 0) is 36.8 Å². The second kappa shape index (κ2) is 7.79. The Morgan fingerprint density at radius 3 is 2.26 bits per heavy atom. The zero-order chi connectivity index (χ0) is 16.8. The summed E-state index contributed by atoms with van der Waals surface area (Å²) < 4.78 is 0. The van der Waals surface area contributed by atoms with Gasteiger partial charge < -0.3 is 10.2 Å². The van der Waals surface area contributed by atoms with Gasteiger partial charge in [0.25, 0.3) is 0 Å². The van der Waals surface area contributed by atoms with Crippen LogP contribution >= 0.6 is 11.6 Å². The number of rotatable bonds is 5. The Hall–Kier alpha value is -2.33. The van der Waals surface area contributed by atoms with E-state index in [0.717, 1.165) is 5.56 Å². The van der Waals surface area contributed by atoms with Crippen LogP contribution in [-0.2, 0) is 9.59 Å². The van der Waals surface area contributed by atoms with Gasteiger partial charge in [0.2, 0.25) is 11.8 Å². The van der Waals surface area contributed by atoms with E-state index in [1.807, 2.05) is 37.3 Å². The van der Waals surface area contributed by atoms with Crippen molar-refractivity contribution in [3.05, 3.63) is 65.2 Å². The highest BCUT2D eigenvalue weighted by Crippen LogP contribution is 2.20. The first kappa shape index (κ1) is 17.0. The summed E-state index contributed by atoms with van der Waals surface area (Å²) in [5.41, 5.74) is 1.64. The molecule has 2 aromatic carbocycles. The standard InChI is InChI=1S/C18H19ClN2O2/c1-13(15-6-4-3-5-7-15)21(14(2)22)12-18(23)20-17-10-8-16(19)9-11-17/h3-11,13H,12H2,1-2H3,(H,20,23). The Morgan fingerprint density at radius 1 is 1.09 bits per heavy atom. The van der Waals surface area contributed by atoms with Crippen molar-refractivity contribution in [3.8, 4) is 0 Å². The molecule has 0 fully saturated rings. The minimum Gasteiger partial charge on any atom is -0.327 e. The lowest BCUT2D eigenvalue weighted by Crippen LogP contribution is -2.38. The van der Waals surface area contributed by atoms with Crippen LogP contribution < -0.4 is 5.32 Å². The second-order valence-corrected chi connectivity index (χ2v) is 5.73. The van der Waals surface area contributed by atoms with Crippen LogP contribution in [0.1, 0.15) is 25.5 Å². The van der Waals surface area contributed by atoms with Crippen LogP contribution in [0.2, 0.25) is 5.02 Å². The van der Waals surface area contributed by atoms with Gasteiger partial charge in [-0.15, -0.1) is 0 Å². The third-order valence-electron chi connectivity index (χ3n) is 3.60. The van der Waals surface area contributed by atoms with Gasteiger partial charge in [0.15, 0.2) is 0 Å². The molecule has 2 amide bonds. The first-order valence-corrected chi connectivity index (χ1v) is 7.72. The average molecular weight is 331 g/mol. The number of halogens is 1. The molecule has 0 heterocycles. The smallest absolute Gasteiger partial charge is 0.244 e. The first-order chi connectivity index (χ1) is 11.0. The third-order valence-corrected chi connectivity index (χ3v) is 3.85. The van der Waals surface area contributed by atoms with Crippen molar-refractivity contribution in [1.82, 2.24) is 4.90 Å². The first-order valence-electron chi connectivity index (χ1n) is 7.35. The lowest BCUT2D eigenvalue weighted by Gasteiger charge is -2.28. The molecule has 1 atom stereocenters. The summed E-state index contributed by atoms with van der Waals surface area (Å²) in [6.07, 6.45) is 0. The molecule has 1 N–H and O–H groups in total. The van der Waals surface area contributed by atoms with E-state index >= 15 is 0 Å². The van der Waals surface area contributed by atoms with E-state index in [1.165, 1.54) is 6.92 Å². The van der Waals surface area contributed by atoms with Crippen LogP contribution in [0, 0.1) is 0 Å². The molecule has 4 nitrogen and oxygen atoms in total. The molecule has 1 unspecified atom stereocenters. The van der Waals surface area contributed by atoms with Crippen LogP contribution in [-0.4, -0.2) is 23.3 Å². The van der Waals surface area contributed by atoms with Crippen molar-refractivity contribution in [2.75, 3.05) is 11.9 Å². The highest BCUT2D eigenvalue weighted by atomic mass is 35.5. The maximum atomic E-state index is 12.2. The molecule has 0 saturated carbocycles. The van der Waals surface area contributed by atoms with Crippen LogP contribution in [0.25, 0.3) is 0 Å². The summed E-state index contributed by atoms with van der Waals surface area (Å²) >= 11 is 5.82. The SMILES string of the molecule is CC(=O)N(CC(=O)Nc1ccc(Cl)cc1)C(C)c1ccccc1. The molecule has 5 heteroatoms. The van der Waals surface area contributed by atoms with Crippen molar-refractivity contribution >= 4 is 29.1 Å². The van der Waals surface area contributed by atoms with E-state index in [-0.39, 0.29) is 24.4 Å². The van der Waals surface area contributed by atoms with E-state index in [9.17, 15) is 9.59 Å². The van der Waals surface area contributed by atoms with Crippen molar-refractivity contribution in [3.63, 3.8) is 0 Å². The minimum absolute atomic E-state index is 0.00593. The number of nitrogens with one attached hydrogen (secondary N) is 1. The molecule has 0 aromatic heterocycles. The van der Waals surface area contributed by atoms with Crippen molar-refractivity contribution in [2.24, 2.45) is 0 Å². The lowest BCUT2D eigenvalue weighted by atomic mass is 10.1. The molecule has 23 heavy (non-hydrogen) atoms. The zero-order valence-electron chi connectivity index (χ0n) is 13.1. The van der Waals surface area contributed by atoms with Gasteiger partial charge in [-0.2, -0.15) is 0 Å². The highest BCUT2D eigenvalue weighted by molar-refractivity contribution is 6.30. The quantitative estimate of drug-likeness (QED) is 0.904. The van der Waals surface area contributed by atoms with E-state index in [4.69, 9.17) is 11.6 Å². The van der Waals surface area contributed by atoms with Crippen LogP contribution in [0.4, 0.5) is 5.69 Å². The zero-order valence-corrected chi connectivity index (χ0v) is 13.9. The number of nitrogens with zero attached hydrogens (tertiary/aromatic N) is 1. The Labute approximate surface area is 141 Å². The molecule has 0 aliphatic heterocycles. The second-order valence-electron chi connectivity index (χ2n) is 5.29. The molecule has 0 spiro atoms. The van der Waals surface area contributed by atoms with Crippen molar-refractivity contribution in [1.29, 1.82) is 0 Å². The Morgan fingerprint density at radius 2 is 1.70 bits per heavy atom. The fourth-order valence-electron chi connectivity index (χ4n) is 2.32. The summed E-state index contributed by atoms with van der Waals surface area (Å²) in [5, 5.41) is 3.37. The molecular formula is C18H19ClN2O2. The summed E-state index contributed by atoms with van der Waals surface area (Å²) in [6, 6.07) is 16.3. The maximum Gasteiger partial charge on any atom is 0.244 e. The Bertz CT molecular complexity index is 671. The lowest BCUT2D eigenvalue weighted by molar-refractivity contribution is -0.134. The molecule has 0 radical (unpaired) electrons. The maximum absolute atomic E-state index is 12.2. The molecule has 2 aromatic rings. The number of anilines is 1. The van der Waals surface area contributed by atoms with Crippen LogP contribution in [0.15, 0.2) is 54.6 Å². The van der Waals surface area contributed by atoms with Crippen molar-refractivity contribution in [2.45, 2.75) is 19.9 Å². The largest absolute Gasteiger partial charge is 0.327 e.